The first kappa shape index (κ1) is 13.9. The van der Waals surface area contributed by atoms with Crippen molar-refractivity contribution in [2.24, 2.45) is 0 Å². The zero-order chi connectivity index (χ0) is 14.1. The maximum Gasteiger partial charge on any atom is 0.404 e. The van der Waals surface area contributed by atoms with Crippen LogP contribution >= 0.6 is 15.9 Å². The van der Waals surface area contributed by atoms with E-state index in [-0.39, 0.29) is 6.04 Å². The summed E-state index contributed by atoms with van der Waals surface area (Å²) in [6, 6.07) is 7.26. The van der Waals surface area contributed by atoms with Crippen LogP contribution in [0.1, 0.15) is 36.8 Å². The van der Waals surface area contributed by atoms with E-state index in [2.05, 4.69) is 44.3 Å². The van der Waals surface area contributed by atoms with E-state index < -0.39 is 6.09 Å². The summed E-state index contributed by atoms with van der Waals surface area (Å²) in [4.78, 5) is 13.2. The van der Waals surface area contributed by atoms with Crippen LogP contribution in [0, 0.1) is 0 Å². The number of nitrogens with one attached hydrogen (secondary N) is 1. The molecule has 1 aliphatic carbocycles. The van der Waals surface area contributed by atoms with Crippen molar-refractivity contribution in [3.63, 3.8) is 0 Å². The molecule has 1 amide bonds. The lowest BCUT2D eigenvalue weighted by Crippen LogP contribution is -2.42. The monoisotopic (exact) mass is 338 g/mol. The smallest absolute Gasteiger partial charge is 0.404 e. The van der Waals surface area contributed by atoms with Crippen LogP contribution in [0.4, 0.5) is 4.79 Å². The fourth-order valence-electron chi connectivity index (χ4n) is 3.41. The molecule has 1 fully saturated rings. The molecule has 3 rings (SSSR count). The standard InChI is InChI=1S/C15H19BrN2O2/c16-12-2-1-10-8-18(9-11(10)7-12)14-5-3-13(4-6-14)17-15(19)20/h1-2,7,13-14,17H,3-6,8-9H2,(H,19,20)/t13-,14-. The molecule has 1 aromatic carbocycles. The Morgan fingerprint density at radius 1 is 1.20 bits per heavy atom. The minimum atomic E-state index is -0.896. The van der Waals surface area contributed by atoms with Gasteiger partial charge in [-0.2, -0.15) is 0 Å². The maximum atomic E-state index is 10.7. The highest BCUT2D eigenvalue weighted by atomic mass is 79.9. The van der Waals surface area contributed by atoms with Crippen molar-refractivity contribution in [3.8, 4) is 0 Å². The fraction of sp³-hybridized carbons (Fsp3) is 0.533. The first-order valence-electron chi connectivity index (χ1n) is 7.12. The predicted molar refractivity (Wildman–Crippen MR) is 80.6 cm³/mol. The van der Waals surface area contributed by atoms with Crippen molar-refractivity contribution in [2.75, 3.05) is 0 Å². The summed E-state index contributed by atoms with van der Waals surface area (Å²) in [5, 5.41) is 11.4. The molecule has 0 radical (unpaired) electrons. The van der Waals surface area contributed by atoms with Gasteiger partial charge in [0.2, 0.25) is 0 Å². The van der Waals surface area contributed by atoms with Crippen LogP contribution in [-0.2, 0) is 13.1 Å². The summed E-state index contributed by atoms with van der Waals surface area (Å²) in [6.07, 6.45) is 3.17. The Kier molecular flexibility index (Phi) is 3.98. The third-order valence-corrected chi connectivity index (χ3v) is 4.95. The lowest BCUT2D eigenvalue weighted by molar-refractivity contribution is 0.138. The lowest BCUT2D eigenvalue weighted by atomic mass is 9.90. The summed E-state index contributed by atoms with van der Waals surface area (Å²) in [7, 11) is 0. The number of carbonyl (C=O) groups is 1. The second kappa shape index (κ2) is 5.74. The van der Waals surface area contributed by atoms with E-state index in [1.54, 1.807) is 0 Å². The van der Waals surface area contributed by atoms with Gasteiger partial charge in [0.05, 0.1) is 0 Å². The van der Waals surface area contributed by atoms with Crippen molar-refractivity contribution in [3.05, 3.63) is 33.8 Å². The van der Waals surface area contributed by atoms with Gasteiger partial charge in [-0.15, -0.1) is 0 Å². The van der Waals surface area contributed by atoms with E-state index in [0.29, 0.717) is 6.04 Å². The van der Waals surface area contributed by atoms with Gasteiger partial charge in [0, 0.05) is 29.6 Å². The Balaban J connectivity index is 1.57. The molecule has 1 heterocycles. The maximum absolute atomic E-state index is 10.7. The molecule has 1 saturated carbocycles. The van der Waals surface area contributed by atoms with Crippen LogP contribution in [0.15, 0.2) is 22.7 Å². The highest BCUT2D eigenvalue weighted by Crippen LogP contribution is 2.32. The highest BCUT2D eigenvalue weighted by Gasteiger charge is 2.30. The number of amides is 1. The average Bonchev–Trinajstić information content (AvgIpc) is 2.81. The largest absolute Gasteiger partial charge is 0.465 e. The summed E-state index contributed by atoms with van der Waals surface area (Å²) in [5.41, 5.74) is 2.85. The van der Waals surface area contributed by atoms with E-state index in [1.165, 1.54) is 11.1 Å². The predicted octanol–water partition coefficient (Wildman–Crippen LogP) is 3.34. The Hall–Kier alpha value is -1.07. The number of hydrogen-bond donors (Lipinski definition) is 2. The molecule has 20 heavy (non-hydrogen) atoms. The van der Waals surface area contributed by atoms with Crippen LogP contribution in [0.25, 0.3) is 0 Å². The van der Waals surface area contributed by atoms with Crippen LogP contribution < -0.4 is 5.32 Å². The van der Waals surface area contributed by atoms with E-state index >= 15 is 0 Å². The molecule has 108 valence electrons. The van der Waals surface area contributed by atoms with Gasteiger partial charge in [-0.1, -0.05) is 22.0 Å². The molecule has 0 atom stereocenters. The van der Waals surface area contributed by atoms with Crippen LogP contribution in [-0.4, -0.2) is 28.2 Å². The fourth-order valence-corrected chi connectivity index (χ4v) is 3.82. The van der Waals surface area contributed by atoms with Gasteiger partial charge in [-0.25, -0.2) is 4.79 Å². The first-order valence-corrected chi connectivity index (χ1v) is 7.92. The number of benzene rings is 1. The lowest BCUT2D eigenvalue weighted by Gasteiger charge is -2.34. The Bertz CT molecular complexity index is 513. The molecule has 0 unspecified atom stereocenters. The Morgan fingerprint density at radius 3 is 2.60 bits per heavy atom. The molecule has 2 N–H and O–H groups in total. The van der Waals surface area contributed by atoms with Crippen molar-refractivity contribution in [1.29, 1.82) is 0 Å². The third-order valence-electron chi connectivity index (χ3n) is 4.46. The van der Waals surface area contributed by atoms with Crippen LogP contribution in [0.5, 0.6) is 0 Å². The molecule has 4 nitrogen and oxygen atoms in total. The van der Waals surface area contributed by atoms with Crippen molar-refractivity contribution in [2.45, 2.75) is 50.9 Å². The van der Waals surface area contributed by atoms with E-state index in [4.69, 9.17) is 5.11 Å². The number of carboxylic acid groups (broad SMARTS) is 1. The van der Waals surface area contributed by atoms with Crippen molar-refractivity contribution < 1.29 is 9.90 Å². The number of nitrogens with zero attached hydrogens (tertiary/aromatic N) is 1. The zero-order valence-corrected chi connectivity index (χ0v) is 12.9. The first-order chi connectivity index (χ1) is 9.61. The molecule has 0 spiro atoms. The minimum absolute atomic E-state index is 0.142. The van der Waals surface area contributed by atoms with E-state index in [1.807, 2.05) is 0 Å². The number of halogens is 1. The van der Waals surface area contributed by atoms with Crippen molar-refractivity contribution in [1.82, 2.24) is 10.2 Å². The van der Waals surface area contributed by atoms with E-state index in [0.717, 1.165) is 43.2 Å². The third kappa shape index (κ3) is 2.99. The topological polar surface area (TPSA) is 52.6 Å². The molecule has 1 aromatic rings. The van der Waals surface area contributed by atoms with Gasteiger partial charge < -0.3 is 10.4 Å². The van der Waals surface area contributed by atoms with E-state index in [9.17, 15) is 4.79 Å². The average molecular weight is 339 g/mol. The molecule has 0 aromatic heterocycles. The summed E-state index contributed by atoms with van der Waals surface area (Å²) in [5.74, 6) is 0. The van der Waals surface area contributed by atoms with Gasteiger partial charge in [0.25, 0.3) is 0 Å². The molecule has 0 saturated heterocycles. The normalized spacial score (nSPS) is 26.2. The summed E-state index contributed by atoms with van der Waals surface area (Å²) >= 11 is 3.53. The Labute approximate surface area is 127 Å². The molecular weight excluding hydrogens is 320 g/mol. The van der Waals surface area contributed by atoms with Gasteiger partial charge >= 0.3 is 6.09 Å². The quantitative estimate of drug-likeness (QED) is 0.869. The minimum Gasteiger partial charge on any atom is -0.465 e. The van der Waals surface area contributed by atoms with Crippen molar-refractivity contribution >= 4 is 22.0 Å². The SMILES string of the molecule is O=C(O)N[C@H]1CC[C@H](N2Cc3ccc(Br)cc3C2)CC1. The molecule has 1 aliphatic heterocycles. The van der Waals surface area contributed by atoms with Gasteiger partial charge in [-0.05, 0) is 48.9 Å². The second-order valence-electron chi connectivity index (χ2n) is 5.77. The number of fused-ring (bicyclic) bond motifs is 1. The molecular formula is C15H19BrN2O2. The molecule has 0 bridgehead atoms. The highest BCUT2D eigenvalue weighted by molar-refractivity contribution is 9.10. The van der Waals surface area contributed by atoms with Crippen LogP contribution in [0.2, 0.25) is 0 Å². The zero-order valence-electron chi connectivity index (χ0n) is 11.3. The van der Waals surface area contributed by atoms with Gasteiger partial charge in [-0.3, -0.25) is 4.90 Å². The number of rotatable bonds is 2. The van der Waals surface area contributed by atoms with Gasteiger partial charge in [0.15, 0.2) is 0 Å². The Morgan fingerprint density at radius 2 is 1.90 bits per heavy atom. The summed E-state index contributed by atoms with van der Waals surface area (Å²) in [6.45, 7) is 2.06. The van der Waals surface area contributed by atoms with Crippen LogP contribution in [0.3, 0.4) is 0 Å². The molecule has 5 heteroatoms. The summed E-state index contributed by atoms with van der Waals surface area (Å²) < 4.78 is 1.15. The molecule has 2 aliphatic rings. The second-order valence-corrected chi connectivity index (χ2v) is 6.69. The number of hydrogen-bond acceptors (Lipinski definition) is 2. The van der Waals surface area contributed by atoms with Gasteiger partial charge in [0.1, 0.15) is 0 Å².